The number of carboxylic acid groups (broad SMARTS) is 1. The van der Waals surface area contributed by atoms with E-state index in [1.54, 1.807) is 18.2 Å². The highest BCUT2D eigenvalue weighted by Gasteiger charge is 2.51. The van der Waals surface area contributed by atoms with E-state index in [0.29, 0.717) is 17.1 Å². The third kappa shape index (κ3) is 6.57. The summed E-state index contributed by atoms with van der Waals surface area (Å²) in [5.41, 5.74) is 3.42. The van der Waals surface area contributed by atoms with Crippen LogP contribution in [-0.2, 0) is 37.9 Å². The minimum Gasteiger partial charge on any atom is -0.475 e. The van der Waals surface area contributed by atoms with Crippen molar-refractivity contribution >= 4 is 27.6 Å². The number of halogens is 3. The lowest BCUT2D eigenvalue weighted by atomic mass is 9.92. The number of rotatable bonds is 7. The smallest absolute Gasteiger partial charge is 0.475 e. The fraction of sp³-hybridized carbons (Fsp3) is 0.440. The third-order valence-electron chi connectivity index (χ3n) is 6.28. The van der Waals surface area contributed by atoms with E-state index in [-0.39, 0.29) is 5.91 Å². The number of aryl methyl sites for hydroxylation is 2. The summed E-state index contributed by atoms with van der Waals surface area (Å²) in [4.78, 5) is 21.7. The number of hydrogen-bond acceptors (Lipinski definition) is 4. The van der Waals surface area contributed by atoms with Gasteiger partial charge in [0.25, 0.3) is 10.0 Å². The van der Waals surface area contributed by atoms with Gasteiger partial charge in [-0.15, -0.1) is 0 Å². The quantitative estimate of drug-likeness (QED) is 0.490. The summed E-state index contributed by atoms with van der Waals surface area (Å²) in [7, 11) is -3.64. The number of sulfonamides is 1. The predicted molar refractivity (Wildman–Crippen MR) is 128 cm³/mol. The average Bonchev–Trinajstić information content (AvgIpc) is 3.64. The summed E-state index contributed by atoms with van der Waals surface area (Å²) >= 11 is 0. The van der Waals surface area contributed by atoms with Gasteiger partial charge in [0.2, 0.25) is 5.91 Å². The van der Waals surface area contributed by atoms with Crippen LogP contribution < -0.4 is 10.0 Å². The molecule has 196 valence electrons. The number of alkyl halides is 3. The number of hydrogen-bond donors (Lipinski definition) is 3. The van der Waals surface area contributed by atoms with Crippen LogP contribution in [0.4, 0.5) is 18.9 Å². The van der Waals surface area contributed by atoms with Crippen LogP contribution in [0.5, 0.6) is 0 Å². The molecule has 0 aliphatic heterocycles. The van der Waals surface area contributed by atoms with Gasteiger partial charge in [0.1, 0.15) is 0 Å². The maximum absolute atomic E-state index is 12.8. The van der Waals surface area contributed by atoms with E-state index < -0.39 is 27.6 Å². The van der Waals surface area contributed by atoms with Crippen LogP contribution in [0, 0.1) is 0 Å². The van der Waals surface area contributed by atoms with Crippen LogP contribution in [-0.4, -0.2) is 38.1 Å². The number of carboxylic acids is 1. The molecule has 7 nitrogen and oxygen atoms in total. The average molecular weight is 527 g/mol. The Morgan fingerprint density at radius 2 is 1.58 bits per heavy atom. The molecule has 0 aromatic heterocycles. The van der Waals surface area contributed by atoms with E-state index in [4.69, 9.17) is 9.90 Å². The molecule has 2 aromatic carbocycles. The second kappa shape index (κ2) is 10.9. The Hall–Kier alpha value is -3.08. The van der Waals surface area contributed by atoms with Crippen molar-refractivity contribution < 1.29 is 36.3 Å². The van der Waals surface area contributed by atoms with Gasteiger partial charge in [-0.25, -0.2) is 13.2 Å². The zero-order valence-electron chi connectivity index (χ0n) is 19.8. The van der Waals surface area contributed by atoms with Crippen molar-refractivity contribution in [2.75, 3.05) is 11.3 Å². The van der Waals surface area contributed by atoms with Crippen molar-refractivity contribution in [1.82, 2.24) is 5.32 Å². The monoisotopic (exact) mass is 526 g/mol. The van der Waals surface area contributed by atoms with Gasteiger partial charge in [-0.05, 0) is 85.9 Å². The molecule has 0 heterocycles. The molecule has 0 radical (unpaired) electrons. The lowest BCUT2D eigenvalue weighted by Gasteiger charge is -2.18. The number of anilines is 1. The maximum atomic E-state index is 12.8. The largest absolute Gasteiger partial charge is 0.490 e. The summed E-state index contributed by atoms with van der Waals surface area (Å²) < 4.78 is 60.1. The molecular formula is C25H29F3N2O5S. The van der Waals surface area contributed by atoms with Crippen molar-refractivity contribution in [2.45, 2.75) is 68.4 Å². The Morgan fingerprint density at radius 3 is 2.11 bits per heavy atom. The zero-order valence-corrected chi connectivity index (χ0v) is 20.6. The summed E-state index contributed by atoms with van der Waals surface area (Å²) in [5, 5.41) is 10.1. The van der Waals surface area contributed by atoms with E-state index in [1.165, 1.54) is 12.0 Å². The molecule has 1 fully saturated rings. The van der Waals surface area contributed by atoms with Crippen molar-refractivity contribution in [3.63, 3.8) is 0 Å². The minimum atomic E-state index is -5.08. The Kier molecular flexibility index (Phi) is 8.33. The molecule has 2 aliphatic carbocycles. The number of nitrogens with one attached hydrogen (secondary N) is 2. The maximum Gasteiger partial charge on any atom is 0.490 e. The van der Waals surface area contributed by atoms with Crippen molar-refractivity contribution in [3.05, 3.63) is 59.2 Å². The normalized spacial score (nSPS) is 16.1. The SMILES string of the molecule is CCCNC(=O)C1(c2ccc(NS(=O)(=O)c3ccc4c(c3)CCCC4)cc2)CC1.O=C(O)C(F)(F)F. The topological polar surface area (TPSA) is 113 Å². The Labute approximate surface area is 208 Å². The number of amides is 1. The predicted octanol–water partition coefficient (Wildman–Crippen LogP) is 4.56. The van der Waals surface area contributed by atoms with Crippen molar-refractivity contribution in [3.8, 4) is 0 Å². The molecule has 2 aromatic rings. The van der Waals surface area contributed by atoms with Crippen LogP contribution in [0.2, 0.25) is 0 Å². The van der Waals surface area contributed by atoms with E-state index in [9.17, 15) is 26.4 Å². The summed E-state index contributed by atoms with van der Waals surface area (Å²) in [6.07, 6.45) is 1.74. The fourth-order valence-corrected chi connectivity index (χ4v) is 5.24. The molecule has 4 rings (SSSR count). The molecule has 0 unspecified atom stereocenters. The van der Waals surface area contributed by atoms with Gasteiger partial charge in [-0.1, -0.05) is 25.1 Å². The minimum absolute atomic E-state index is 0.0711. The van der Waals surface area contributed by atoms with Gasteiger partial charge >= 0.3 is 12.1 Å². The molecule has 0 saturated heterocycles. The number of carbonyl (C=O) groups excluding carboxylic acids is 1. The Bertz CT molecular complexity index is 1210. The fourth-order valence-electron chi connectivity index (χ4n) is 4.13. The Morgan fingerprint density at radius 1 is 1.00 bits per heavy atom. The molecule has 11 heteroatoms. The summed E-state index contributed by atoms with van der Waals surface area (Å²) in [6.45, 7) is 2.71. The molecule has 0 bridgehead atoms. The van der Waals surface area contributed by atoms with Gasteiger partial charge in [0.05, 0.1) is 10.3 Å². The third-order valence-corrected chi connectivity index (χ3v) is 7.66. The standard InChI is InChI=1S/C23H28N2O3S.C2HF3O2/c1-2-15-24-22(26)23(13-14-23)19-8-10-20(11-9-19)25-29(27,28)21-12-7-17-5-3-4-6-18(17)16-21;3-2(4,5)1(6)7/h7-12,16,25H,2-6,13-15H2,1H3,(H,24,26);(H,6,7). The van der Waals surface area contributed by atoms with Gasteiger partial charge in [-0.2, -0.15) is 13.2 Å². The highest BCUT2D eigenvalue weighted by Crippen LogP contribution is 2.48. The molecule has 0 spiro atoms. The molecule has 2 aliphatic rings. The van der Waals surface area contributed by atoms with Crippen LogP contribution >= 0.6 is 0 Å². The van der Waals surface area contributed by atoms with Crippen LogP contribution in [0.1, 0.15) is 55.7 Å². The van der Waals surface area contributed by atoms with Gasteiger partial charge < -0.3 is 10.4 Å². The number of benzene rings is 2. The lowest BCUT2D eigenvalue weighted by molar-refractivity contribution is -0.192. The number of aliphatic carboxylic acids is 1. The van der Waals surface area contributed by atoms with Crippen molar-refractivity contribution in [2.24, 2.45) is 0 Å². The van der Waals surface area contributed by atoms with Crippen LogP contribution in [0.25, 0.3) is 0 Å². The van der Waals surface area contributed by atoms with Crippen LogP contribution in [0.3, 0.4) is 0 Å². The van der Waals surface area contributed by atoms with E-state index >= 15 is 0 Å². The molecule has 0 atom stereocenters. The number of carbonyl (C=O) groups is 2. The van der Waals surface area contributed by atoms with Gasteiger partial charge in [0, 0.05) is 12.2 Å². The van der Waals surface area contributed by atoms with Gasteiger partial charge in [0.15, 0.2) is 0 Å². The van der Waals surface area contributed by atoms with Gasteiger partial charge in [-0.3, -0.25) is 9.52 Å². The van der Waals surface area contributed by atoms with Crippen LogP contribution in [0.15, 0.2) is 47.4 Å². The molecular weight excluding hydrogens is 497 g/mol. The Balaban J connectivity index is 0.000000454. The second-order valence-electron chi connectivity index (χ2n) is 8.96. The second-order valence-corrected chi connectivity index (χ2v) is 10.6. The molecule has 1 saturated carbocycles. The summed E-state index contributed by atoms with van der Waals surface area (Å²) in [5.74, 6) is -2.69. The van der Waals surface area contributed by atoms with Crippen molar-refractivity contribution in [1.29, 1.82) is 0 Å². The zero-order chi connectivity index (χ0) is 26.6. The highest BCUT2D eigenvalue weighted by atomic mass is 32.2. The first kappa shape index (κ1) is 27.5. The molecule has 3 N–H and O–H groups in total. The lowest BCUT2D eigenvalue weighted by Crippen LogP contribution is -2.35. The van der Waals surface area contributed by atoms with E-state index in [2.05, 4.69) is 10.0 Å². The molecule has 36 heavy (non-hydrogen) atoms. The number of fused-ring (bicyclic) bond motifs is 1. The first-order valence-corrected chi connectivity index (χ1v) is 13.2. The molecule has 1 amide bonds. The van der Waals surface area contributed by atoms with E-state index in [1.807, 2.05) is 31.2 Å². The first-order valence-electron chi connectivity index (χ1n) is 11.7. The van der Waals surface area contributed by atoms with E-state index in [0.717, 1.165) is 49.7 Å². The highest BCUT2D eigenvalue weighted by molar-refractivity contribution is 7.92. The first-order chi connectivity index (χ1) is 16.9. The summed E-state index contributed by atoms with van der Waals surface area (Å²) in [6, 6.07) is 12.7.